The minimum atomic E-state index is -3.37. The fourth-order valence-electron chi connectivity index (χ4n) is 3.65. The van der Waals surface area contributed by atoms with Crippen LogP contribution in [0.5, 0.6) is 0 Å². The van der Waals surface area contributed by atoms with Crippen LogP contribution in [-0.2, 0) is 21.2 Å². The number of carbonyl (C=O) groups is 1. The molecule has 2 saturated heterocycles. The van der Waals surface area contributed by atoms with Gasteiger partial charge in [0.2, 0.25) is 5.91 Å². The van der Waals surface area contributed by atoms with E-state index in [1.54, 1.807) is 16.4 Å². The summed E-state index contributed by atoms with van der Waals surface area (Å²) >= 11 is 1.25. The zero-order valence-electron chi connectivity index (χ0n) is 14.2. The van der Waals surface area contributed by atoms with Gasteiger partial charge in [0.1, 0.15) is 4.21 Å². The molecule has 0 N–H and O–H groups in total. The number of piperidine rings is 1. The summed E-state index contributed by atoms with van der Waals surface area (Å²) in [6.45, 7) is 4.19. The van der Waals surface area contributed by atoms with E-state index in [4.69, 9.17) is 0 Å². The molecule has 2 aliphatic heterocycles. The zero-order valence-corrected chi connectivity index (χ0v) is 15.9. The van der Waals surface area contributed by atoms with Crippen LogP contribution in [0.1, 0.15) is 50.3 Å². The van der Waals surface area contributed by atoms with Crippen LogP contribution in [0.15, 0.2) is 16.3 Å². The molecule has 2 aliphatic rings. The van der Waals surface area contributed by atoms with Gasteiger partial charge in [-0.1, -0.05) is 6.92 Å². The molecule has 1 atom stereocenters. The maximum absolute atomic E-state index is 12.6. The second kappa shape index (κ2) is 7.54. The molecule has 24 heavy (non-hydrogen) atoms. The minimum absolute atomic E-state index is 0.133. The monoisotopic (exact) mass is 370 g/mol. The molecule has 1 aromatic rings. The number of sulfonamides is 1. The largest absolute Gasteiger partial charge is 0.339 e. The Kier molecular flexibility index (Phi) is 5.62. The van der Waals surface area contributed by atoms with Crippen LogP contribution in [0, 0.1) is 0 Å². The van der Waals surface area contributed by atoms with E-state index in [2.05, 4.69) is 6.92 Å². The third-order valence-electron chi connectivity index (χ3n) is 5.04. The first-order chi connectivity index (χ1) is 11.5. The Morgan fingerprint density at radius 3 is 2.58 bits per heavy atom. The SMILES string of the molecule is CCC1CCCCN1C(=O)Cc1ccc(S(=O)(=O)N2CCCC2)s1. The molecule has 0 saturated carbocycles. The first-order valence-corrected chi connectivity index (χ1v) is 11.2. The second-order valence-corrected chi connectivity index (χ2v) is 9.99. The Morgan fingerprint density at radius 1 is 1.17 bits per heavy atom. The predicted octanol–water partition coefficient (Wildman–Crippen LogP) is 2.87. The van der Waals surface area contributed by atoms with Gasteiger partial charge in [0.05, 0.1) is 6.42 Å². The molecule has 0 aromatic carbocycles. The summed E-state index contributed by atoms with van der Waals surface area (Å²) in [4.78, 5) is 15.5. The van der Waals surface area contributed by atoms with Crippen LogP contribution in [0.2, 0.25) is 0 Å². The third-order valence-corrected chi connectivity index (χ3v) is 8.49. The maximum Gasteiger partial charge on any atom is 0.252 e. The summed E-state index contributed by atoms with van der Waals surface area (Å²) in [5.74, 6) is 0.133. The van der Waals surface area contributed by atoms with Gasteiger partial charge in [-0.05, 0) is 50.7 Å². The fraction of sp³-hybridized carbons (Fsp3) is 0.706. The van der Waals surface area contributed by atoms with Crippen molar-refractivity contribution in [3.05, 3.63) is 17.0 Å². The van der Waals surface area contributed by atoms with Crippen molar-refractivity contribution in [2.45, 2.75) is 62.1 Å². The van der Waals surface area contributed by atoms with Crippen LogP contribution in [0.3, 0.4) is 0 Å². The molecule has 2 fully saturated rings. The van der Waals surface area contributed by atoms with Gasteiger partial charge < -0.3 is 4.90 Å². The van der Waals surface area contributed by atoms with E-state index in [1.165, 1.54) is 17.8 Å². The first-order valence-electron chi connectivity index (χ1n) is 8.90. The Morgan fingerprint density at radius 2 is 1.88 bits per heavy atom. The van der Waals surface area contributed by atoms with Gasteiger partial charge in [-0.3, -0.25) is 4.79 Å². The molecule has 3 rings (SSSR count). The lowest BCUT2D eigenvalue weighted by atomic mass is 9.99. The highest BCUT2D eigenvalue weighted by molar-refractivity contribution is 7.91. The molecule has 0 spiro atoms. The van der Waals surface area contributed by atoms with Gasteiger partial charge in [-0.25, -0.2) is 8.42 Å². The molecule has 5 nitrogen and oxygen atoms in total. The molecule has 7 heteroatoms. The Balaban J connectivity index is 1.68. The fourth-order valence-corrected chi connectivity index (χ4v) is 6.67. The number of likely N-dealkylation sites (tertiary alicyclic amines) is 1. The molecule has 1 aromatic heterocycles. The average molecular weight is 371 g/mol. The standard InChI is InChI=1S/C17H26N2O3S2/c1-2-14-7-3-4-12-19(14)16(20)13-15-8-9-17(23-15)24(21,22)18-10-5-6-11-18/h8-9,14H,2-7,10-13H2,1H3. The van der Waals surface area contributed by atoms with E-state index in [9.17, 15) is 13.2 Å². The van der Waals surface area contributed by atoms with E-state index < -0.39 is 10.0 Å². The van der Waals surface area contributed by atoms with Crippen LogP contribution >= 0.6 is 11.3 Å². The molecular formula is C17H26N2O3S2. The van der Waals surface area contributed by atoms with Crippen LogP contribution in [0.25, 0.3) is 0 Å². The zero-order chi connectivity index (χ0) is 17.2. The van der Waals surface area contributed by atoms with Crippen LogP contribution in [0.4, 0.5) is 0 Å². The smallest absolute Gasteiger partial charge is 0.252 e. The van der Waals surface area contributed by atoms with Gasteiger partial charge >= 0.3 is 0 Å². The second-order valence-electron chi connectivity index (χ2n) is 6.65. The van der Waals surface area contributed by atoms with E-state index >= 15 is 0 Å². The lowest BCUT2D eigenvalue weighted by molar-refractivity contribution is -0.134. The summed E-state index contributed by atoms with van der Waals surface area (Å²) in [6.07, 6.45) is 6.52. The number of amides is 1. The molecular weight excluding hydrogens is 344 g/mol. The number of hydrogen-bond donors (Lipinski definition) is 0. The van der Waals surface area contributed by atoms with Crippen molar-refractivity contribution in [3.8, 4) is 0 Å². The van der Waals surface area contributed by atoms with E-state index in [1.807, 2.05) is 4.90 Å². The van der Waals surface area contributed by atoms with Crippen molar-refractivity contribution in [3.63, 3.8) is 0 Å². The van der Waals surface area contributed by atoms with Gasteiger partial charge in [-0.15, -0.1) is 11.3 Å². The van der Waals surface area contributed by atoms with E-state index in [0.29, 0.717) is 29.8 Å². The highest BCUT2D eigenvalue weighted by atomic mass is 32.2. The maximum atomic E-state index is 12.6. The molecule has 1 amide bonds. The average Bonchev–Trinajstić information content (AvgIpc) is 3.27. The molecule has 0 radical (unpaired) electrons. The summed E-state index contributed by atoms with van der Waals surface area (Å²) < 4.78 is 27.1. The highest BCUT2D eigenvalue weighted by Crippen LogP contribution is 2.28. The Hall–Kier alpha value is -0.920. The van der Waals surface area contributed by atoms with Crippen molar-refractivity contribution in [1.29, 1.82) is 0 Å². The van der Waals surface area contributed by atoms with Gasteiger partial charge in [-0.2, -0.15) is 4.31 Å². The Labute approximate surface area is 148 Å². The lowest BCUT2D eigenvalue weighted by Gasteiger charge is -2.35. The molecule has 0 aliphatic carbocycles. The number of thiophene rings is 1. The number of nitrogens with zero attached hydrogens (tertiary/aromatic N) is 2. The minimum Gasteiger partial charge on any atom is -0.339 e. The summed E-state index contributed by atoms with van der Waals surface area (Å²) in [5.41, 5.74) is 0. The van der Waals surface area contributed by atoms with E-state index in [-0.39, 0.29) is 5.91 Å². The quantitative estimate of drug-likeness (QED) is 0.801. The molecule has 3 heterocycles. The topological polar surface area (TPSA) is 57.7 Å². The van der Waals surface area contributed by atoms with Crippen molar-refractivity contribution >= 4 is 27.3 Å². The lowest BCUT2D eigenvalue weighted by Crippen LogP contribution is -2.44. The number of hydrogen-bond acceptors (Lipinski definition) is 4. The van der Waals surface area contributed by atoms with Gasteiger partial charge in [0.25, 0.3) is 10.0 Å². The highest BCUT2D eigenvalue weighted by Gasteiger charge is 2.29. The summed E-state index contributed by atoms with van der Waals surface area (Å²) in [5, 5.41) is 0. The number of rotatable bonds is 5. The Bertz CT molecular complexity index is 678. The van der Waals surface area contributed by atoms with Crippen molar-refractivity contribution in [2.24, 2.45) is 0 Å². The molecule has 0 bridgehead atoms. The summed E-state index contributed by atoms with van der Waals surface area (Å²) in [7, 11) is -3.37. The van der Waals surface area contributed by atoms with Crippen LogP contribution in [-0.4, -0.2) is 49.2 Å². The third kappa shape index (κ3) is 3.68. The van der Waals surface area contributed by atoms with Gasteiger partial charge in [0.15, 0.2) is 0 Å². The first kappa shape index (κ1) is 17.9. The molecule has 1 unspecified atom stereocenters. The van der Waals surface area contributed by atoms with Crippen molar-refractivity contribution < 1.29 is 13.2 Å². The molecule has 134 valence electrons. The van der Waals surface area contributed by atoms with E-state index in [0.717, 1.165) is 43.5 Å². The normalized spacial score (nSPS) is 22.9. The summed E-state index contributed by atoms with van der Waals surface area (Å²) in [6, 6.07) is 3.81. The van der Waals surface area contributed by atoms with Gasteiger partial charge in [0, 0.05) is 30.6 Å². The van der Waals surface area contributed by atoms with Crippen molar-refractivity contribution in [2.75, 3.05) is 19.6 Å². The van der Waals surface area contributed by atoms with Crippen LogP contribution < -0.4 is 0 Å². The number of carbonyl (C=O) groups excluding carboxylic acids is 1. The predicted molar refractivity (Wildman–Crippen MR) is 95.7 cm³/mol. The van der Waals surface area contributed by atoms with Crippen molar-refractivity contribution in [1.82, 2.24) is 9.21 Å².